The van der Waals surface area contributed by atoms with Gasteiger partial charge in [0.25, 0.3) is 0 Å². The summed E-state index contributed by atoms with van der Waals surface area (Å²) in [5.74, 6) is -0.169. The van der Waals surface area contributed by atoms with Crippen molar-refractivity contribution in [2.24, 2.45) is 0 Å². The third-order valence-electron chi connectivity index (χ3n) is 4.26. The second kappa shape index (κ2) is 7.85. The summed E-state index contributed by atoms with van der Waals surface area (Å²) >= 11 is 3.41. The van der Waals surface area contributed by atoms with Crippen LogP contribution >= 0.6 is 15.9 Å². The molecular weight excluding hydrogens is 373 g/mol. The molecule has 1 aromatic carbocycles. The van der Waals surface area contributed by atoms with Gasteiger partial charge in [0.1, 0.15) is 10.4 Å². The number of amides is 1. The number of halogens is 2. The lowest BCUT2D eigenvalue weighted by molar-refractivity contribution is -0.117. The zero-order valence-corrected chi connectivity index (χ0v) is 14.8. The predicted octanol–water partition coefficient (Wildman–Crippen LogP) is 3.80. The Labute approximate surface area is 149 Å². The van der Waals surface area contributed by atoms with Crippen LogP contribution < -0.4 is 5.32 Å². The van der Waals surface area contributed by atoms with E-state index in [2.05, 4.69) is 37.2 Å². The molecule has 2 aromatic rings. The van der Waals surface area contributed by atoms with Crippen LogP contribution in [0.15, 0.2) is 47.1 Å². The summed E-state index contributed by atoms with van der Waals surface area (Å²) in [6, 6.07) is 12.2. The van der Waals surface area contributed by atoms with E-state index in [0.29, 0.717) is 5.92 Å². The first-order valence-corrected chi connectivity index (χ1v) is 8.80. The number of anilines is 1. The van der Waals surface area contributed by atoms with E-state index in [1.807, 2.05) is 12.1 Å². The molecule has 0 atom stereocenters. The highest BCUT2D eigenvalue weighted by Gasteiger charge is 2.23. The van der Waals surface area contributed by atoms with Crippen LogP contribution in [0.3, 0.4) is 0 Å². The van der Waals surface area contributed by atoms with Gasteiger partial charge in [-0.3, -0.25) is 9.69 Å². The molecular formula is C18H19BrFN3O. The van der Waals surface area contributed by atoms with Crippen molar-refractivity contribution in [3.63, 3.8) is 0 Å². The maximum Gasteiger partial charge on any atom is 0.238 e. The fourth-order valence-electron chi connectivity index (χ4n) is 2.99. The Morgan fingerprint density at radius 1 is 1.21 bits per heavy atom. The summed E-state index contributed by atoms with van der Waals surface area (Å²) in [6.45, 7) is 1.96. The molecule has 0 radical (unpaired) electrons. The summed E-state index contributed by atoms with van der Waals surface area (Å²) in [5, 5.41) is 2.63. The Bertz CT molecular complexity index is 717. The number of aromatic nitrogens is 1. The first-order valence-electron chi connectivity index (χ1n) is 8.01. The van der Waals surface area contributed by atoms with Crippen LogP contribution in [-0.4, -0.2) is 35.4 Å². The van der Waals surface area contributed by atoms with Gasteiger partial charge < -0.3 is 5.32 Å². The summed E-state index contributed by atoms with van der Waals surface area (Å²) in [7, 11) is 0. The number of carbonyl (C=O) groups excluding carboxylic acids is 1. The quantitative estimate of drug-likeness (QED) is 0.806. The highest BCUT2D eigenvalue weighted by Crippen LogP contribution is 2.27. The summed E-state index contributed by atoms with van der Waals surface area (Å²) in [6.07, 6.45) is 1.94. The molecule has 0 spiro atoms. The van der Waals surface area contributed by atoms with Crippen LogP contribution in [0.2, 0.25) is 0 Å². The van der Waals surface area contributed by atoms with Gasteiger partial charge >= 0.3 is 0 Å². The third kappa shape index (κ3) is 4.39. The van der Waals surface area contributed by atoms with Crippen molar-refractivity contribution in [3.05, 3.63) is 58.6 Å². The largest absolute Gasteiger partial charge is 0.322 e. The van der Waals surface area contributed by atoms with Crippen molar-refractivity contribution in [1.82, 2.24) is 9.88 Å². The Balaban J connectivity index is 1.50. The second-order valence-corrected chi connectivity index (χ2v) is 6.78. The lowest BCUT2D eigenvalue weighted by atomic mass is 9.93. The van der Waals surface area contributed by atoms with Crippen LogP contribution in [0.5, 0.6) is 0 Å². The Kier molecular flexibility index (Phi) is 5.58. The van der Waals surface area contributed by atoms with Crippen LogP contribution in [0.25, 0.3) is 0 Å². The van der Waals surface area contributed by atoms with Gasteiger partial charge in [-0.15, -0.1) is 0 Å². The van der Waals surface area contributed by atoms with Crippen molar-refractivity contribution in [1.29, 1.82) is 0 Å². The Morgan fingerprint density at radius 2 is 1.96 bits per heavy atom. The molecule has 3 rings (SSSR count). The van der Waals surface area contributed by atoms with E-state index in [-0.39, 0.29) is 18.1 Å². The molecule has 6 heteroatoms. The van der Waals surface area contributed by atoms with E-state index >= 15 is 0 Å². The molecule has 126 valence electrons. The lowest BCUT2D eigenvalue weighted by Gasteiger charge is -2.31. The zero-order chi connectivity index (χ0) is 16.9. The Morgan fingerprint density at radius 3 is 2.67 bits per heavy atom. The number of para-hydroxylation sites is 1. The number of piperidine rings is 1. The minimum atomic E-state index is -0.412. The summed E-state index contributed by atoms with van der Waals surface area (Å²) in [5.41, 5.74) is 1.33. The molecule has 2 heterocycles. The first-order chi connectivity index (χ1) is 11.6. The molecule has 24 heavy (non-hydrogen) atoms. The monoisotopic (exact) mass is 391 g/mol. The number of pyridine rings is 1. The van der Waals surface area contributed by atoms with Gasteiger partial charge in [-0.1, -0.05) is 18.2 Å². The highest BCUT2D eigenvalue weighted by atomic mass is 79.9. The molecule has 0 saturated carbocycles. The molecule has 1 aliphatic heterocycles. The highest BCUT2D eigenvalue weighted by molar-refractivity contribution is 9.10. The SMILES string of the molecule is O=C(CN1CCC(c2cccc(Br)n2)CC1)Nc1ccccc1F. The number of nitrogens with zero attached hydrogens (tertiary/aromatic N) is 2. The van der Waals surface area contributed by atoms with Crippen molar-refractivity contribution >= 4 is 27.5 Å². The van der Waals surface area contributed by atoms with Gasteiger partial charge in [0.2, 0.25) is 5.91 Å². The van der Waals surface area contributed by atoms with Crippen LogP contribution in [0, 0.1) is 5.82 Å². The molecule has 0 unspecified atom stereocenters. The first kappa shape index (κ1) is 17.0. The van der Waals surface area contributed by atoms with E-state index in [9.17, 15) is 9.18 Å². The lowest BCUT2D eigenvalue weighted by Crippen LogP contribution is -2.39. The number of hydrogen-bond donors (Lipinski definition) is 1. The van der Waals surface area contributed by atoms with Gasteiger partial charge in [0.05, 0.1) is 12.2 Å². The average Bonchev–Trinajstić information content (AvgIpc) is 2.58. The fraction of sp³-hybridized carbons (Fsp3) is 0.333. The smallest absolute Gasteiger partial charge is 0.238 e. The number of likely N-dealkylation sites (tertiary alicyclic amines) is 1. The average molecular weight is 392 g/mol. The number of hydrogen-bond acceptors (Lipinski definition) is 3. The maximum absolute atomic E-state index is 13.6. The number of benzene rings is 1. The van der Waals surface area contributed by atoms with Gasteiger partial charge in [-0.05, 0) is 66.1 Å². The van der Waals surface area contributed by atoms with Crippen molar-refractivity contribution < 1.29 is 9.18 Å². The maximum atomic E-state index is 13.6. The van der Waals surface area contributed by atoms with E-state index in [1.165, 1.54) is 6.07 Å². The molecule has 1 aromatic heterocycles. The van der Waals surface area contributed by atoms with Crippen molar-refractivity contribution in [2.45, 2.75) is 18.8 Å². The molecule has 4 nitrogen and oxygen atoms in total. The van der Waals surface area contributed by atoms with E-state index < -0.39 is 5.82 Å². The molecule has 1 saturated heterocycles. The number of rotatable bonds is 4. The second-order valence-electron chi connectivity index (χ2n) is 5.96. The summed E-state index contributed by atoms with van der Waals surface area (Å²) < 4.78 is 14.4. The van der Waals surface area contributed by atoms with Gasteiger partial charge in [-0.25, -0.2) is 9.37 Å². The van der Waals surface area contributed by atoms with E-state index in [4.69, 9.17) is 0 Å². The zero-order valence-electron chi connectivity index (χ0n) is 13.2. The van der Waals surface area contributed by atoms with Gasteiger partial charge in [0, 0.05) is 11.6 Å². The topological polar surface area (TPSA) is 45.2 Å². The molecule has 0 bridgehead atoms. The van der Waals surface area contributed by atoms with Crippen LogP contribution in [0.1, 0.15) is 24.5 Å². The van der Waals surface area contributed by atoms with Crippen LogP contribution in [-0.2, 0) is 4.79 Å². The predicted molar refractivity (Wildman–Crippen MR) is 95.4 cm³/mol. The molecule has 1 aliphatic rings. The summed E-state index contributed by atoms with van der Waals surface area (Å²) in [4.78, 5) is 18.7. The number of nitrogens with one attached hydrogen (secondary N) is 1. The minimum Gasteiger partial charge on any atom is -0.322 e. The Hall–Kier alpha value is -1.79. The fourth-order valence-corrected chi connectivity index (χ4v) is 3.35. The van der Waals surface area contributed by atoms with Crippen molar-refractivity contribution in [2.75, 3.05) is 25.0 Å². The molecule has 1 N–H and O–H groups in total. The van der Waals surface area contributed by atoms with Crippen LogP contribution in [0.4, 0.5) is 10.1 Å². The molecule has 1 fully saturated rings. The minimum absolute atomic E-state index is 0.181. The standard InChI is InChI=1S/C18H19BrFN3O/c19-17-7-3-6-15(21-17)13-8-10-23(11-9-13)12-18(24)22-16-5-2-1-4-14(16)20/h1-7,13H,8-12H2,(H,22,24). The van der Waals surface area contributed by atoms with Crippen molar-refractivity contribution in [3.8, 4) is 0 Å². The van der Waals surface area contributed by atoms with E-state index in [1.54, 1.807) is 18.2 Å². The normalized spacial score (nSPS) is 16.1. The van der Waals surface area contributed by atoms with Gasteiger partial charge in [-0.2, -0.15) is 0 Å². The van der Waals surface area contributed by atoms with E-state index in [0.717, 1.165) is 36.2 Å². The molecule has 1 amide bonds. The third-order valence-corrected chi connectivity index (χ3v) is 4.70. The number of carbonyl (C=O) groups is 1. The molecule has 0 aliphatic carbocycles. The van der Waals surface area contributed by atoms with Gasteiger partial charge in [0.15, 0.2) is 0 Å².